The average Bonchev–Trinajstić information content (AvgIpc) is 3.28. The summed E-state index contributed by atoms with van der Waals surface area (Å²) in [7, 11) is 0. The smallest absolute Gasteiger partial charge is 0.202 e. The van der Waals surface area contributed by atoms with Gasteiger partial charge in [0.05, 0.1) is 28.5 Å². The molecule has 28 heavy (non-hydrogen) atoms. The molecule has 0 radical (unpaired) electrons. The molecule has 2 aromatic heterocycles. The van der Waals surface area contributed by atoms with Gasteiger partial charge in [-0.1, -0.05) is 42.3 Å². The van der Waals surface area contributed by atoms with Crippen LogP contribution >= 0.6 is 23.2 Å². The summed E-state index contributed by atoms with van der Waals surface area (Å²) < 4.78 is 5.73. The zero-order chi connectivity index (χ0) is 19.3. The van der Waals surface area contributed by atoms with Crippen LogP contribution in [0.1, 0.15) is 19.8 Å². The predicted octanol–water partition coefficient (Wildman–Crippen LogP) is 4.58. The quantitative estimate of drug-likeness (QED) is 0.660. The molecule has 5 rings (SSSR count). The molecule has 3 aromatic rings. The molecule has 0 bridgehead atoms. The number of fused-ring (bicyclic) bond motifs is 1. The van der Waals surface area contributed by atoms with Gasteiger partial charge < -0.3 is 9.64 Å². The van der Waals surface area contributed by atoms with Gasteiger partial charge in [-0.15, -0.1) is 0 Å². The van der Waals surface area contributed by atoms with E-state index in [0.29, 0.717) is 32.5 Å². The molecule has 1 N–H and O–H groups in total. The van der Waals surface area contributed by atoms with Gasteiger partial charge in [-0.05, 0) is 24.8 Å². The number of hydrogen-bond acceptors (Lipinski definition) is 5. The van der Waals surface area contributed by atoms with Crippen LogP contribution in [0.4, 0.5) is 5.82 Å². The van der Waals surface area contributed by atoms with Crippen LogP contribution in [-0.4, -0.2) is 46.5 Å². The Hall–Kier alpha value is -1.89. The van der Waals surface area contributed by atoms with E-state index >= 15 is 0 Å². The second kappa shape index (κ2) is 6.87. The lowest BCUT2D eigenvalue weighted by Crippen LogP contribution is -2.43. The standard InChI is InChI=1S/C20H21Cl2N5O/c1-12-10-28-11-20(12)5-7-27(8-6-20)15-9-23-18-17(25-26-19(18)24-15)13-3-2-4-14(21)16(13)22/h2-4,9,12H,5-8,10-11H2,1H3,(H,24,25,26)/t12-/m1/s1. The average molecular weight is 418 g/mol. The first kappa shape index (κ1) is 18.2. The van der Waals surface area contributed by atoms with Gasteiger partial charge in [-0.2, -0.15) is 5.10 Å². The van der Waals surface area contributed by atoms with Gasteiger partial charge in [0.15, 0.2) is 0 Å². The molecule has 0 saturated carbocycles. The van der Waals surface area contributed by atoms with E-state index in [2.05, 4.69) is 27.0 Å². The maximum atomic E-state index is 6.36. The summed E-state index contributed by atoms with van der Waals surface area (Å²) in [6, 6.07) is 5.51. The molecule has 146 valence electrons. The third kappa shape index (κ3) is 2.86. The topological polar surface area (TPSA) is 66.9 Å². The van der Waals surface area contributed by atoms with E-state index in [-0.39, 0.29) is 0 Å². The van der Waals surface area contributed by atoms with Crippen molar-refractivity contribution in [1.29, 1.82) is 0 Å². The van der Waals surface area contributed by atoms with E-state index in [1.54, 1.807) is 6.07 Å². The number of H-pyrrole nitrogens is 1. The van der Waals surface area contributed by atoms with Crippen LogP contribution in [0.25, 0.3) is 22.4 Å². The van der Waals surface area contributed by atoms with E-state index in [9.17, 15) is 0 Å². The van der Waals surface area contributed by atoms with Crippen molar-refractivity contribution < 1.29 is 4.74 Å². The van der Waals surface area contributed by atoms with Crippen LogP contribution in [0.5, 0.6) is 0 Å². The molecular formula is C20H21Cl2N5O. The summed E-state index contributed by atoms with van der Waals surface area (Å²) in [6.45, 7) is 6.00. The molecule has 1 spiro atoms. The van der Waals surface area contributed by atoms with Crippen molar-refractivity contribution in [2.24, 2.45) is 11.3 Å². The lowest BCUT2D eigenvalue weighted by molar-refractivity contribution is 0.127. The van der Waals surface area contributed by atoms with Crippen molar-refractivity contribution in [3.8, 4) is 11.3 Å². The van der Waals surface area contributed by atoms with Gasteiger partial charge in [-0.3, -0.25) is 5.10 Å². The third-order valence-corrected chi connectivity index (χ3v) is 7.18. The predicted molar refractivity (Wildman–Crippen MR) is 111 cm³/mol. The zero-order valence-corrected chi connectivity index (χ0v) is 17.1. The highest BCUT2D eigenvalue weighted by Gasteiger charge is 2.43. The first-order valence-corrected chi connectivity index (χ1v) is 10.3. The summed E-state index contributed by atoms with van der Waals surface area (Å²) in [4.78, 5) is 11.7. The molecule has 6 nitrogen and oxygen atoms in total. The Bertz CT molecular complexity index is 1030. The molecule has 1 atom stereocenters. The molecule has 0 aliphatic carbocycles. The Morgan fingerprint density at radius 1 is 1.25 bits per heavy atom. The van der Waals surface area contributed by atoms with Gasteiger partial charge >= 0.3 is 0 Å². The van der Waals surface area contributed by atoms with Crippen molar-refractivity contribution >= 4 is 40.2 Å². The maximum Gasteiger partial charge on any atom is 0.202 e. The van der Waals surface area contributed by atoms with Gasteiger partial charge in [0.25, 0.3) is 0 Å². The van der Waals surface area contributed by atoms with E-state index in [4.69, 9.17) is 32.9 Å². The van der Waals surface area contributed by atoms with E-state index in [0.717, 1.165) is 56.2 Å². The number of hydrogen-bond donors (Lipinski definition) is 1. The second-order valence-corrected chi connectivity index (χ2v) is 8.65. The number of aromatic nitrogens is 4. The van der Waals surface area contributed by atoms with Gasteiger partial charge in [0, 0.05) is 30.7 Å². The molecule has 0 unspecified atom stereocenters. The highest BCUT2D eigenvalue weighted by Crippen LogP contribution is 2.44. The van der Waals surface area contributed by atoms with Crippen LogP contribution < -0.4 is 4.90 Å². The van der Waals surface area contributed by atoms with Crippen LogP contribution in [0.3, 0.4) is 0 Å². The minimum atomic E-state index is 0.330. The highest BCUT2D eigenvalue weighted by atomic mass is 35.5. The number of halogens is 2. The molecule has 2 aliphatic heterocycles. The van der Waals surface area contributed by atoms with Crippen molar-refractivity contribution in [2.75, 3.05) is 31.2 Å². The number of benzene rings is 1. The summed E-state index contributed by atoms with van der Waals surface area (Å²) >= 11 is 12.5. The van der Waals surface area contributed by atoms with Crippen LogP contribution in [0.2, 0.25) is 10.0 Å². The van der Waals surface area contributed by atoms with Gasteiger partial charge in [0.1, 0.15) is 11.3 Å². The fraction of sp³-hybridized carbons (Fsp3) is 0.450. The first-order valence-electron chi connectivity index (χ1n) is 9.56. The Kier molecular flexibility index (Phi) is 4.45. The molecule has 2 saturated heterocycles. The third-order valence-electron chi connectivity index (χ3n) is 6.36. The van der Waals surface area contributed by atoms with Crippen molar-refractivity contribution in [1.82, 2.24) is 20.2 Å². The Labute approximate surface area is 173 Å². The Balaban J connectivity index is 1.42. The summed E-state index contributed by atoms with van der Waals surface area (Å²) in [6.07, 6.45) is 4.07. The number of ether oxygens (including phenoxy) is 1. The normalized spacial score (nSPS) is 21.7. The molecule has 4 heterocycles. The van der Waals surface area contributed by atoms with Crippen molar-refractivity contribution in [2.45, 2.75) is 19.8 Å². The Morgan fingerprint density at radius 3 is 2.82 bits per heavy atom. The summed E-state index contributed by atoms with van der Waals surface area (Å²) in [5.74, 6) is 1.49. The lowest BCUT2D eigenvalue weighted by atomic mass is 9.72. The maximum absolute atomic E-state index is 6.36. The largest absolute Gasteiger partial charge is 0.381 e. The lowest BCUT2D eigenvalue weighted by Gasteiger charge is -2.41. The fourth-order valence-electron chi connectivity index (χ4n) is 4.40. The van der Waals surface area contributed by atoms with Crippen molar-refractivity contribution in [3.05, 3.63) is 34.4 Å². The van der Waals surface area contributed by atoms with E-state index in [1.807, 2.05) is 18.3 Å². The van der Waals surface area contributed by atoms with Gasteiger partial charge in [-0.25, -0.2) is 9.97 Å². The van der Waals surface area contributed by atoms with Crippen molar-refractivity contribution in [3.63, 3.8) is 0 Å². The highest BCUT2D eigenvalue weighted by molar-refractivity contribution is 6.43. The summed E-state index contributed by atoms with van der Waals surface area (Å²) in [5.41, 5.74) is 3.11. The van der Waals surface area contributed by atoms with Crippen LogP contribution in [0, 0.1) is 11.3 Å². The molecule has 2 fully saturated rings. The molecule has 2 aliphatic rings. The fourth-order valence-corrected chi connectivity index (χ4v) is 4.79. The van der Waals surface area contributed by atoms with E-state index in [1.165, 1.54) is 0 Å². The second-order valence-electron chi connectivity index (χ2n) is 7.87. The number of piperidine rings is 1. The van der Waals surface area contributed by atoms with Crippen LogP contribution in [0.15, 0.2) is 24.4 Å². The minimum Gasteiger partial charge on any atom is -0.381 e. The zero-order valence-electron chi connectivity index (χ0n) is 15.6. The van der Waals surface area contributed by atoms with Crippen LogP contribution in [-0.2, 0) is 4.74 Å². The molecular weight excluding hydrogens is 397 g/mol. The number of nitrogens with zero attached hydrogens (tertiary/aromatic N) is 4. The Morgan fingerprint density at radius 2 is 2.07 bits per heavy atom. The van der Waals surface area contributed by atoms with Gasteiger partial charge in [0.2, 0.25) is 5.65 Å². The molecule has 1 aromatic carbocycles. The minimum absolute atomic E-state index is 0.330. The number of aromatic amines is 1. The number of rotatable bonds is 2. The summed E-state index contributed by atoms with van der Waals surface area (Å²) in [5, 5.41) is 8.36. The number of nitrogens with one attached hydrogen (secondary N) is 1. The monoisotopic (exact) mass is 417 g/mol. The number of anilines is 1. The molecule has 8 heteroatoms. The first-order chi connectivity index (χ1) is 13.6. The van der Waals surface area contributed by atoms with E-state index < -0.39 is 0 Å². The molecule has 0 amide bonds. The SMILES string of the molecule is C[C@@H]1COCC12CCN(c1cnc3c(-c4cccc(Cl)c4Cl)[nH]nc3n1)CC2.